The molecule has 2 N–H and O–H groups in total. The van der Waals surface area contributed by atoms with Gasteiger partial charge in [0.1, 0.15) is 17.2 Å². The van der Waals surface area contributed by atoms with Crippen molar-refractivity contribution < 1.29 is 28.6 Å². The van der Waals surface area contributed by atoms with E-state index >= 15 is 0 Å². The van der Waals surface area contributed by atoms with Crippen molar-refractivity contribution in [3.8, 4) is 11.5 Å². The largest absolute Gasteiger partial charge is 0.497 e. The van der Waals surface area contributed by atoms with Gasteiger partial charge in [-0.05, 0) is 43.7 Å². The van der Waals surface area contributed by atoms with Crippen LogP contribution >= 0.6 is 0 Å². The summed E-state index contributed by atoms with van der Waals surface area (Å²) in [7, 11) is 3.05. The van der Waals surface area contributed by atoms with E-state index in [9.17, 15) is 14.4 Å². The third kappa shape index (κ3) is 5.55. The van der Waals surface area contributed by atoms with Crippen LogP contribution in [0.1, 0.15) is 26.3 Å². The number of carbonyl (C=O) groups excluding carboxylic acids is 3. The van der Waals surface area contributed by atoms with Gasteiger partial charge in [-0.15, -0.1) is 0 Å². The molecule has 1 aliphatic heterocycles. The van der Waals surface area contributed by atoms with Crippen molar-refractivity contribution in [2.45, 2.75) is 26.9 Å². The first kappa shape index (κ1) is 24.8. The lowest BCUT2D eigenvalue weighted by atomic mass is 10.0. The molecule has 2 aromatic carbocycles. The number of carbonyl (C=O) groups is 3. The maximum absolute atomic E-state index is 13.4. The monoisotopic (exact) mass is 467 g/mol. The van der Waals surface area contributed by atoms with Gasteiger partial charge in [-0.2, -0.15) is 0 Å². The van der Waals surface area contributed by atoms with E-state index in [1.165, 1.54) is 21.1 Å². The number of hydrogen-bond donors (Lipinski definition) is 2. The fraction of sp³-hybridized carbons (Fsp3) is 0.320. The zero-order valence-electron chi connectivity index (χ0n) is 19.9. The topological polar surface area (TPSA) is 106 Å². The summed E-state index contributed by atoms with van der Waals surface area (Å²) in [6, 6.07) is 11.8. The van der Waals surface area contributed by atoms with Crippen LogP contribution in [0.5, 0.6) is 11.5 Å². The Morgan fingerprint density at radius 1 is 1.00 bits per heavy atom. The average Bonchev–Trinajstić information content (AvgIpc) is 3.03. The minimum absolute atomic E-state index is 0.0276. The average molecular weight is 468 g/mol. The second-order valence-corrected chi connectivity index (χ2v) is 7.88. The number of benzene rings is 2. The maximum Gasteiger partial charge on any atom is 0.278 e. The van der Waals surface area contributed by atoms with Gasteiger partial charge in [-0.3, -0.25) is 19.3 Å². The molecule has 0 aromatic heterocycles. The number of imide groups is 1. The van der Waals surface area contributed by atoms with Gasteiger partial charge in [-0.25, -0.2) is 0 Å². The Labute approximate surface area is 198 Å². The normalized spacial score (nSPS) is 13.5. The number of nitrogens with zero attached hydrogens (tertiary/aromatic N) is 1. The van der Waals surface area contributed by atoms with Crippen LogP contribution in [0, 0.1) is 0 Å². The molecule has 1 aliphatic rings. The van der Waals surface area contributed by atoms with Crippen molar-refractivity contribution in [2.75, 3.05) is 38.0 Å². The van der Waals surface area contributed by atoms with Crippen molar-refractivity contribution in [2.24, 2.45) is 0 Å². The molecule has 0 atom stereocenters. The molecule has 3 amide bonds. The molecular formula is C25H29N3O6. The molecule has 34 heavy (non-hydrogen) atoms. The minimum Gasteiger partial charge on any atom is -0.497 e. The Balaban J connectivity index is 2.02. The molecule has 2 aromatic rings. The highest BCUT2D eigenvalue weighted by molar-refractivity contribution is 6.36. The van der Waals surface area contributed by atoms with Gasteiger partial charge >= 0.3 is 0 Å². The lowest BCUT2D eigenvalue weighted by molar-refractivity contribution is -0.138. The van der Waals surface area contributed by atoms with Gasteiger partial charge in [0, 0.05) is 18.7 Å². The van der Waals surface area contributed by atoms with Gasteiger partial charge in [0.25, 0.3) is 11.8 Å². The molecule has 0 bridgehead atoms. The standard InChI is InChI=1S/C25H29N3O6/c1-15(2)34-13-12-28-24(30)22(17-6-8-18(9-7-17)26-16(3)29)23(25(28)31)27-20-14-19(32-4)10-11-21(20)33-5/h6-11,14-15,27H,12-13H2,1-5H3,(H,26,29). The second kappa shape index (κ2) is 10.8. The third-order valence-corrected chi connectivity index (χ3v) is 5.09. The third-order valence-electron chi connectivity index (χ3n) is 5.09. The van der Waals surface area contributed by atoms with Crippen molar-refractivity contribution in [3.05, 3.63) is 53.7 Å². The van der Waals surface area contributed by atoms with Gasteiger partial charge in [0.05, 0.1) is 44.7 Å². The predicted octanol–water partition coefficient (Wildman–Crippen LogP) is 3.28. The molecule has 0 fully saturated rings. The first-order valence-corrected chi connectivity index (χ1v) is 10.8. The Kier molecular flexibility index (Phi) is 7.91. The molecule has 0 saturated carbocycles. The van der Waals surface area contributed by atoms with E-state index in [1.54, 1.807) is 42.5 Å². The van der Waals surface area contributed by atoms with Crippen molar-refractivity contribution in [1.82, 2.24) is 4.90 Å². The quantitative estimate of drug-likeness (QED) is 0.517. The molecule has 0 spiro atoms. The van der Waals surface area contributed by atoms with Crippen LogP contribution < -0.4 is 20.1 Å². The maximum atomic E-state index is 13.4. The summed E-state index contributed by atoms with van der Waals surface area (Å²) >= 11 is 0. The van der Waals surface area contributed by atoms with Gasteiger partial charge in [0.15, 0.2) is 0 Å². The molecule has 0 unspecified atom stereocenters. The van der Waals surface area contributed by atoms with Crippen LogP contribution in [0.25, 0.3) is 5.57 Å². The fourth-order valence-corrected chi connectivity index (χ4v) is 3.51. The highest BCUT2D eigenvalue weighted by atomic mass is 16.5. The molecule has 0 radical (unpaired) electrons. The molecule has 9 heteroatoms. The molecule has 1 heterocycles. The van der Waals surface area contributed by atoms with Gasteiger partial charge < -0.3 is 24.8 Å². The summed E-state index contributed by atoms with van der Waals surface area (Å²) in [5.74, 6) is -0.0698. The van der Waals surface area contributed by atoms with Crippen LogP contribution in [0.2, 0.25) is 0 Å². The van der Waals surface area contributed by atoms with Crippen molar-refractivity contribution in [1.29, 1.82) is 0 Å². The summed E-state index contributed by atoms with van der Waals surface area (Å²) in [6.07, 6.45) is -0.0276. The Bertz CT molecular complexity index is 1110. The zero-order valence-corrected chi connectivity index (χ0v) is 19.9. The first-order chi connectivity index (χ1) is 16.2. The van der Waals surface area contributed by atoms with Crippen molar-refractivity contribution in [3.63, 3.8) is 0 Å². The van der Waals surface area contributed by atoms with Crippen LogP contribution in [-0.2, 0) is 19.1 Å². The van der Waals surface area contributed by atoms with Crippen molar-refractivity contribution >= 4 is 34.7 Å². The Morgan fingerprint density at radius 3 is 2.29 bits per heavy atom. The van der Waals surface area contributed by atoms with Crippen LogP contribution in [-0.4, -0.2) is 56.1 Å². The molecule has 0 saturated heterocycles. The van der Waals surface area contributed by atoms with E-state index in [0.717, 1.165) is 4.90 Å². The highest BCUT2D eigenvalue weighted by Gasteiger charge is 2.39. The van der Waals surface area contributed by atoms with E-state index in [0.29, 0.717) is 28.4 Å². The summed E-state index contributed by atoms with van der Waals surface area (Å²) in [6.45, 7) is 5.52. The van der Waals surface area contributed by atoms with E-state index in [4.69, 9.17) is 14.2 Å². The summed E-state index contributed by atoms with van der Waals surface area (Å²) in [5, 5.41) is 5.78. The van der Waals surface area contributed by atoms with E-state index in [1.807, 2.05) is 13.8 Å². The Hall–Kier alpha value is -3.85. The lowest BCUT2D eigenvalue weighted by Gasteiger charge is -2.17. The van der Waals surface area contributed by atoms with Crippen LogP contribution in [0.3, 0.4) is 0 Å². The SMILES string of the molecule is COc1ccc(OC)c(NC2=C(c3ccc(NC(C)=O)cc3)C(=O)N(CCOC(C)C)C2=O)c1. The highest BCUT2D eigenvalue weighted by Crippen LogP contribution is 2.35. The van der Waals surface area contributed by atoms with E-state index in [-0.39, 0.29) is 36.4 Å². The zero-order chi connectivity index (χ0) is 24.8. The molecule has 9 nitrogen and oxygen atoms in total. The smallest absolute Gasteiger partial charge is 0.278 e. The fourth-order valence-electron chi connectivity index (χ4n) is 3.51. The van der Waals surface area contributed by atoms with Gasteiger partial charge in [0.2, 0.25) is 5.91 Å². The number of hydrogen-bond acceptors (Lipinski definition) is 7. The first-order valence-electron chi connectivity index (χ1n) is 10.8. The lowest BCUT2D eigenvalue weighted by Crippen LogP contribution is -2.35. The number of amides is 3. The number of rotatable bonds is 10. The molecule has 180 valence electrons. The number of nitrogens with one attached hydrogen (secondary N) is 2. The number of anilines is 2. The second-order valence-electron chi connectivity index (χ2n) is 7.88. The molecule has 3 rings (SSSR count). The molecular weight excluding hydrogens is 438 g/mol. The number of methoxy groups -OCH3 is 2. The summed E-state index contributed by atoms with van der Waals surface area (Å²) < 4.78 is 16.3. The van der Waals surface area contributed by atoms with Gasteiger partial charge in [-0.1, -0.05) is 12.1 Å². The Morgan fingerprint density at radius 2 is 1.71 bits per heavy atom. The van der Waals surface area contributed by atoms with E-state index < -0.39 is 11.8 Å². The van der Waals surface area contributed by atoms with Crippen LogP contribution in [0.15, 0.2) is 48.2 Å². The summed E-state index contributed by atoms with van der Waals surface area (Å²) in [4.78, 5) is 39.2. The van der Waals surface area contributed by atoms with Crippen LogP contribution in [0.4, 0.5) is 11.4 Å². The predicted molar refractivity (Wildman–Crippen MR) is 129 cm³/mol. The minimum atomic E-state index is -0.469. The summed E-state index contributed by atoms with van der Waals surface area (Å²) in [5.41, 5.74) is 1.93. The number of ether oxygens (including phenoxy) is 3. The molecule has 0 aliphatic carbocycles. The van der Waals surface area contributed by atoms with E-state index in [2.05, 4.69) is 10.6 Å².